The molecule has 0 bridgehead atoms. The predicted octanol–water partition coefficient (Wildman–Crippen LogP) is 4.95. The predicted molar refractivity (Wildman–Crippen MR) is 105 cm³/mol. The average Bonchev–Trinajstić information content (AvgIpc) is 2.44. The number of hydrogen-bond acceptors (Lipinski definition) is 2. The van der Waals surface area contributed by atoms with Crippen molar-refractivity contribution in [1.29, 1.82) is 0 Å². The summed E-state index contributed by atoms with van der Waals surface area (Å²) < 4.78 is 26.1. The maximum Gasteiger partial charge on any atom is 0.193 e. The first kappa shape index (κ1) is 16.7. The fraction of sp³-hybridized carbons (Fsp3) is 0. The Bertz CT molecular complexity index is 732. The van der Waals surface area contributed by atoms with Crippen LogP contribution in [0.2, 0.25) is 0 Å². The standard InChI is InChI=1S/C16H12I2O2S/c17-15-5-1-3-13(11-15)7-9-21(19,20)10-8-14-4-2-6-16(18)12-14/h1-12H. The summed E-state index contributed by atoms with van der Waals surface area (Å²) in [7, 11) is -3.37. The Kier molecular flexibility index (Phi) is 6.00. The van der Waals surface area contributed by atoms with Crippen molar-refractivity contribution in [3.05, 3.63) is 77.6 Å². The lowest BCUT2D eigenvalue weighted by atomic mass is 10.2. The van der Waals surface area contributed by atoms with Crippen LogP contribution < -0.4 is 0 Å². The van der Waals surface area contributed by atoms with Gasteiger partial charge in [-0.3, -0.25) is 0 Å². The molecule has 0 aliphatic carbocycles. The quantitative estimate of drug-likeness (QED) is 0.533. The van der Waals surface area contributed by atoms with Gasteiger partial charge in [-0.25, -0.2) is 8.42 Å². The summed E-state index contributed by atoms with van der Waals surface area (Å²) in [5, 5.41) is 2.45. The Morgan fingerprint density at radius 3 is 1.57 bits per heavy atom. The van der Waals surface area contributed by atoms with E-state index in [0.717, 1.165) is 18.3 Å². The van der Waals surface area contributed by atoms with Crippen LogP contribution in [0.4, 0.5) is 0 Å². The number of hydrogen-bond donors (Lipinski definition) is 0. The van der Waals surface area contributed by atoms with Crippen LogP contribution in [0.15, 0.2) is 59.3 Å². The Morgan fingerprint density at radius 2 is 1.19 bits per heavy atom. The van der Waals surface area contributed by atoms with E-state index in [0.29, 0.717) is 0 Å². The van der Waals surface area contributed by atoms with Crippen molar-refractivity contribution in [2.24, 2.45) is 0 Å². The zero-order chi connectivity index (χ0) is 15.3. The van der Waals surface area contributed by atoms with E-state index >= 15 is 0 Å². The molecule has 2 aromatic rings. The molecule has 0 saturated carbocycles. The molecule has 2 aromatic carbocycles. The smallest absolute Gasteiger partial charge is 0.193 e. The highest BCUT2D eigenvalue weighted by atomic mass is 127. The Labute approximate surface area is 152 Å². The summed E-state index contributed by atoms with van der Waals surface area (Å²) in [6, 6.07) is 15.3. The fourth-order valence-corrected chi connectivity index (χ4v) is 3.53. The Hall–Kier alpha value is -0.670. The maximum absolute atomic E-state index is 12.0. The first-order valence-corrected chi connectivity index (χ1v) is 9.84. The van der Waals surface area contributed by atoms with Gasteiger partial charge in [-0.2, -0.15) is 0 Å². The van der Waals surface area contributed by atoms with Crippen LogP contribution in [0.1, 0.15) is 11.1 Å². The molecule has 5 heteroatoms. The largest absolute Gasteiger partial charge is 0.220 e. The molecular formula is C16H12I2O2S. The van der Waals surface area contributed by atoms with Crippen molar-refractivity contribution in [1.82, 2.24) is 0 Å². The van der Waals surface area contributed by atoms with Crippen molar-refractivity contribution in [2.45, 2.75) is 0 Å². The molecule has 0 aromatic heterocycles. The highest BCUT2D eigenvalue weighted by molar-refractivity contribution is 14.1. The van der Waals surface area contributed by atoms with Crippen molar-refractivity contribution in [2.75, 3.05) is 0 Å². The molecule has 2 rings (SSSR count). The maximum atomic E-state index is 12.0. The van der Waals surface area contributed by atoms with Crippen LogP contribution in [0.3, 0.4) is 0 Å². The lowest BCUT2D eigenvalue weighted by Gasteiger charge is -1.96. The summed E-state index contributed by atoms with van der Waals surface area (Å²) in [6.45, 7) is 0. The second kappa shape index (κ2) is 7.55. The number of sulfone groups is 1. The Morgan fingerprint density at radius 1 is 0.762 bits per heavy atom. The van der Waals surface area contributed by atoms with Gasteiger partial charge in [-0.1, -0.05) is 24.3 Å². The molecule has 0 atom stereocenters. The lowest BCUT2D eigenvalue weighted by Crippen LogP contribution is -1.88. The van der Waals surface area contributed by atoms with Gasteiger partial charge in [0.15, 0.2) is 9.84 Å². The highest BCUT2D eigenvalue weighted by Crippen LogP contribution is 2.12. The monoisotopic (exact) mass is 522 g/mol. The topological polar surface area (TPSA) is 34.1 Å². The van der Waals surface area contributed by atoms with E-state index in [1.54, 1.807) is 12.2 Å². The third-order valence-corrected chi connectivity index (χ3v) is 4.97. The van der Waals surface area contributed by atoms with E-state index in [9.17, 15) is 8.42 Å². The average molecular weight is 522 g/mol. The van der Waals surface area contributed by atoms with Crippen LogP contribution in [0.5, 0.6) is 0 Å². The molecule has 0 unspecified atom stereocenters. The second-order valence-electron chi connectivity index (χ2n) is 4.30. The molecule has 0 aliphatic heterocycles. The van der Waals surface area contributed by atoms with E-state index in [-0.39, 0.29) is 0 Å². The van der Waals surface area contributed by atoms with Gasteiger partial charge in [0.2, 0.25) is 0 Å². The molecule has 108 valence electrons. The molecule has 21 heavy (non-hydrogen) atoms. The first-order chi connectivity index (χ1) is 9.94. The van der Waals surface area contributed by atoms with E-state index in [1.807, 2.05) is 48.5 Å². The van der Waals surface area contributed by atoms with Gasteiger partial charge in [0.05, 0.1) is 0 Å². The molecule has 0 spiro atoms. The van der Waals surface area contributed by atoms with Gasteiger partial charge in [-0.05, 0) is 92.7 Å². The van der Waals surface area contributed by atoms with E-state index in [1.165, 1.54) is 10.8 Å². The van der Waals surface area contributed by atoms with E-state index in [4.69, 9.17) is 0 Å². The minimum absolute atomic E-state index is 0.869. The normalized spacial score (nSPS) is 12.3. The fourth-order valence-electron chi connectivity index (χ4n) is 1.61. The lowest BCUT2D eigenvalue weighted by molar-refractivity contribution is 0.613. The third-order valence-electron chi connectivity index (χ3n) is 2.60. The summed E-state index contributed by atoms with van der Waals surface area (Å²) in [6.07, 6.45) is 3.22. The summed E-state index contributed by atoms with van der Waals surface area (Å²) in [5.41, 5.74) is 1.74. The van der Waals surface area contributed by atoms with Crippen LogP contribution in [-0.2, 0) is 9.84 Å². The Balaban J connectivity index is 2.15. The van der Waals surface area contributed by atoms with E-state index < -0.39 is 9.84 Å². The molecule has 0 radical (unpaired) electrons. The van der Waals surface area contributed by atoms with Crippen LogP contribution >= 0.6 is 45.2 Å². The highest BCUT2D eigenvalue weighted by Gasteiger charge is 2.00. The van der Waals surface area contributed by atoms with Crippen LogP contribution in [0.25, 0.3) is 12.2 Å². The minimum Gasteiger partial charge on any atom is -0.220 e. The number of rotatable bonds is 4. The molecule has 0 saturated heterocycles. The zero-order valence-electron chi connectivity index (χ0n) is 10.9. The zero-order valence-corrected chi connectivity index (χ0v) is 16.0. The first-order valence-electron chi connectivity index (χ1n) is 6.07. The van der Waals surface area contributed by atoms with Crippen molar-refractivity contribution < 1.29 is 8.42 Å². The van der Waals surface area contributed by atoms with Gasteiger partial charge < -0.3 is 0 Å². The molecule has 2 nitrogen and oxygen atoms in total. The molecule has 0 heterocycles. The SMILES string of the molecule is O=S(=O)(C=Cc1cccc(I)c1)C=Cc1cccc(I)c1. The van der Waals surface area contributed by atoms with Gasteiger partial charge in [0.25, 0.3) is 0 Å². The van der Waals surface area contributed by atoms with Crippen molar-refractivity contribution in [3.8, 4) is 0 Å². The molecular weight excluding hydrogens is 510 g/mol. The summed E-state index contributed by atoms with van der Waals surface area (Å²) >= 11 is 4.39. The number of halogens is 2. The van der Waals surface area contributed by atoms with Crippen LogP contribution in [-0.4, -0.2) is 8.42 Å². The van der Waals surface area contributed by atoms with Gasteiger partial charge in [0.1, 0.15) is 0 Å². The third kappa shape index (κ3) is 5.91. The van der Waals surface area contributed by atoms with E-state index in [2.05, 4.69) is 45.2 Å². The molecule has 0 fully saturated rings. The van der Waals surface area contributed by atoms with Crippen molar-refractivity contribution in [3.63, 3.8) is 0 Å². The van der Waals surface area contributed by atoms with Gasteiger partial charge in [-0.15, -0.1) is 0 Å². The summed E-state index contributed by atoms with van der Waals surface area (Å²) in [4.78, 5) is 0. The minimum atomic E-state index is -3.37. The van der Waals surface area contributed by atoms with Gasteiger partial charge in [0, 0.05) is 18.0 Å². The molecule has 0 amide bonds. The van der Waals surface area contributed by atoms with Crippen molar-refractivity contribution >= 4 is 67.2 Å². The summed E-state index contributed by atoms with van der Waals surface area (Å²) in [5.74, 6) is 0. The van der Waals surface area contributed by atoms with Gasteiger partial charge >= 0.3 is 0 Å². The second-order valence-corrected chi connectivity index (χ2v) is 8.52. The molecule has 0 aliphatic rings. The molecule has 0 N–H and O–H groups in total. The van der Waals surface area contributed by atoms with Crippen LogP contribution in [0, 0.1) is 7.14 Å². The number of benzene rings is 2.